The van der Waals surface area contributed by atoms with Gasteiger partial charge in [-0.1, -0.05) is 49.4 Å². The molecule has 238 valence electrons. The van der Waals surface area contributed by atoms with E-state index in [-0.39, 0.29) is 19.3 Å². The molecular weight excluding hydrogens is 594 g/mol. The van der Waals surface area contributed by atoms with Crippen molar-refractivity contribution in [3.05, 3.63) is 71.3 Å². The summed E-state index contributed by atoms with van der Waals surface area (Å²) >= 11 is 0. The number of rotatable bonds is 4. The Labute approximate surface area is 249 Å². The Balaban J connectivity index is 1.91. The van der Waals surface area contributed by atoms with Crippen LogP contribution in [-0.2, 0) is 27.9 Å². The average molecular weight is 627 g/mol. The van der Waals surface area contributed by atoms with Gasteiger partial charge in [0.25, 0.3) is 11.8 Å². The number of carbonyl (C=O) groups excluding carboxylic acids is 1. The third kappa shape index (κ3) is 7.58. The van der Waals surface area contributed by atoms with Gasteiger partial charge < -0.3 is 13.9 Å². The predicted molar refractivity (Wildman–Crippen MR) is 147 cm³/mol. The smallest absolute Gasteiger partial charge is 0.426 e. The maximum Gasteiger partial charge on any atom is 0.426 e. The fraction of sp³-hybridized carbons (Fsp3) is 0.467. The molecule has 14 heteroatoms. The summed E-state index contributed by atoms with van der Waals surface area (Å²) in [6, 6.07) is 8.83. The van der Waals surface area contributed by atoms with E-state index < -0.39 is 83.0 Å². The van der Waals surface area contributed by atoms with Crippen molar-refractivity contribution in [2.75, 3.05) is 5.32 Å². The highest BCUT2D eigenvalue weighted by Gasteiger charge is 2.61. The summed E-state index contributed by atoms with van der Waals surface area (Å²) < 4.78 is 104. The van der Waals surface area contributed by atoms with E-state index in [1.54, 1.807) is 64.1 Å². The molecule has 1 amide bonds. The van der Waals surface area contributed by atoms with Crippen LogP contribution < -0.4 is 5.32 Å². The molecule has 0 saturated heterocycles. The largest absolute Gasteiger partial charge is 0.444 e. The van der Waals surface area contributed by atoms with E-state index in [1.807, 2.05) is 0 Å². The molecular formula is C30H32F6N4O4. The molecule has 2 unspecified atom stereocenters. The minimum atomic E-state index is -5.04. The van der Waals surface area contributed by atoms with Crippen LogP contribution in [0.1, 0.15) is 82.0 Å². The van der Waals surface area contributed by atoms with E-state index >= 15 is 0 Å². The number of hydrogen-bond donors (Lipinski definition) is 1. The fourth-order valence-corrected chi connectivity index (χ4v) is 4.66. The van der Waals surface area contributed by atoms with Crippen LogP contribution >= 0.6 is 0 Å². The first kappa shape index (κ1) is 33.0. The number of pyridine rings is 1. The Kier molecular flexibility index (Phi) is 9.43. The summed E-state index contributed by atoms with van der Waals surface area (Å²) in [6.45, 7) is 5.74. The first-order valence-electron chi connectivity index (χ1n) is 13.9. The molecule has 0 saturated carbocycles. The molecule has 1 aliphatic rings. The third-order valence-electron chi connectivity index (χ3n) is 6.81. The van der Waals surface area contributed by atoms with Crippen molar-refractivity contribution in [1.82, 2.24) is 15.2 Å². The van der Waals surface area contributed by atoms with E-state index in [4.69, 9.17) is 13.9 Å². The minimum Gasteiger partial charge on any atom is -0.444 e. The fourth-order valence-electron chi connectivity index (χ4n) is 4.66. The number of nitrogens with one attached hydrogen (secondary N) is 1. The number of aromatic nitrogens is 3. The van der Waals surface area contributed by atoms with Crippen LogP contribution in [0.2, 0.25) is 0 Å². The van der Waals surface area contributed by atoms with Crippen LogP contribution in [0.5, 0.6) is 0 Å². The van der Waals surface area contributed by atoms with E-state index in [2.05, 4.69) is 20.5 Å². The zero-order valence-corrected chi connectivity index (χ0v) is 24.5. The zero-order chi connectivity index (χ0) is 32.3. The number of benzene rings is 1. The number of fused-ring (bicyclic) bond motifs is 5. The molecule has 0 radical (unpaired) electrons. The number of carbonyl (C=O) groups is 1. The van der Waals surface area contributed by atoms with Crippen molar-refractivity contribution < 1.29 is 45.0 Å². The molecule has 4 rings (SSSR count). The van der Waals surface area contributed by atoms with Crippen LogP contribution in [0, 0.1) is 0 Å². The van der Waals surface area contributed by atoms with Crippen molar-refractivity contribution in [3.63, 3.8) is 0 Å². The van der Waals surface area contributed by atoms with Gasteiger partial charge in [0, 0.05) is 0 Å². The van der Waals surface area contributed by atoms with Crippen LogP contribution in [0.4, 0.5) is 36.8 Å². The van der Waals surface area contributed by atoms with Gasteiger partial charge in [-0.2, -0.15) is 26.3 Å². The normalized spacial score (nSPS) is 19.7. The molecule has 0 spiro atoms. The average Bonchev–Trinajstić information content (AvgIpc) is 3.40. The molecule has 3 aromatic rings. The quantitative estimate of drug-likeness (QED) is 0.228. The van der Waals surface area contributed by atoms with Crippen molar-refractivity contribution in [3.8, 4) is 11.6 Å². The summed E-state index contributed by atoms with van der Waals surface area (Å²) in [5.41, 5.74) is -6.13. The molecule has 0 fully saturated rings. The van der Waals surface area contributed by atoms with Crippen LogP contribution in [0.3, 0.4) is 0 Å². The second-order valence-corrected chi connectivity index (χ2v) is 11.4. The Morgan fingerprint density at radius 1 is 1.05 bits per heavy atom. The van der Waals surface area contributed by atoms with Gasteiger partial charge in [-0.25, -0.2) is 9.78 Å². The Bertz CT molecular complexity index is 1480. The number of amides is 1. The van der Waals surface area contributed by atoms with Gasteiger partial charge in [-0.15, -0.1) is 10.2 Å². The number of alkyl halides is 6. The SMILES string of the molecule is CC1CCC=CCCC(OCc2ccccc2)(C(F)(F)F)c2nnc(o2)-c2nc1c(C(F)(F)F)cc2NC(=O)OC(C)(C)C. The van der Waals surface area contributed by atoms with E-state index in [9.17, 15) is 31.1 Å². The number of halogens is 6. The van der Waals surface area contributed by atoms with Crippen molar-refractivity contribution >= 4 is 11.8 Å². The predicted octanol–water partition coefficient (Wildman–Crippen LogP) is 8.71. The van der Waals surface area contributed by atoms with Gasteiger partial charge in [0.1, 0.15) is 5.60 Å². The monoisotopic (exact) mass is 626 g/mol. The third-order valence-corrected chi connectivity index (χ3v) is 6.81. The van der Waals surface area contributed by atoms with Gasteiger partial charge in [-0.05, 0) is 64.0 Å². The Morgan fingerprint density at radius 2 is 1.73 bits per heavy atom. The molecule has 0 aliphatic carbocycles. The van der Waals surface area contributed by atoms with Crippen LogP contribution in [0.15, 0.2) is 53.0 Å². The zero-order valence-electron chi connectivity index (χ0n) is 24.5. The summed E-state index contributed by atoms with van der Waals surface area (Å²) in [4.78, 5) is 16.8. The lowest BCUT2D eigenvalue weighted by Gasteiger charge is -2.32. The van der Waals surface area contributed by atoms with Gasteiger partial charge >= 0.3 is 18.4 Å². The molecule has 1 aromatic carbocycles. The van der Waals surface area contributed by atoms with Gasteiger partial charge in [-0.3, -0.25) is 5.32 Å². The summed E-state index contributed by atoms with van der Waals surface area (Å²) in [7, 11) is 0. The number of anilines is 1. The first-order valence-corrected chi connectivity index (χ1v) is 13.9. The maximum absolute atomic E-state index is 14.9. The highest BCUT2D eigenvalue weighted by atomic mass is 19.4. The topological polar surface area (TPSA) is 99.4 Å². The van der Waals surface area contributed by atoms with Gasteiger partial charge in [0.05, 0.1) is 23.6 Å². The van der Waals surface area contributed by atoms with E-state index in [1.165, 1.54) is 6.08 Å². The lowest BCUT2D eigenvalue weighted by atomic mass is 9.94. The summed E-state index contributed by atoms with van der Waals surface area (Å²) in [5.74, 6) is -2.34. The summed E-state index contributed by atoms with van der Waals surface area (Å²) in [6.07, 6.45) is -8.17. The Hall–Kier alpha value is -3.94. The molecule has 3 heterocycles. The summed E-state index contributed by atoms with van der Waals surface area (Å²) in [5, 5.41) is 9.65. The van der Waals surface area contributed by atoms with Crippen molar-refractivity contribution in [2.45, 2.75) is 89.5 Å². The van der Waals surface area contributed by atoms with Crippen LogP contribution in [0.25, 0.3) is 11.6 Å². The highest BCUT2D eigenvalue weighted by molar-refractivity contribution is 5.89. The Morgan fingerprint density at radius 3 is 2.36 bits per heavy atom. The van der Waals surface area contributed by atoms with E-state index in [0.29, 0.717) is 11.6 Å². The second kappa shape index (κ2) is 12.6. The van der Waals surface area contributed by atoms with Crippen molar-refractivity contribution in [1.29, 1.82) is 0 Å². The molecule has 1 aliphatic heterocycles. The number of ether oxygens (including phenoxy) is 2. The standard InChI is InChI=1S/C30H32F6N4O4/c1-18-12-8-5-6-11-15-28(30(34,35)36,42-17-19-13-9-7-10-14-19)25-40-39-24(43-25)23-21(37-26(41)44-27(2,3)4)16-20(22(18)38-23)29(31,32)33/h5-7,9-10,13-14,16,18H,8,11-12,15,17H2,1-4H3,(H,37,41). The number of hydrogen-bond acceptors (Lipinski definition) is 7. The lowest BCUT2D eigenvalue weighted by molar-refractivity contribution is -0.299. The number of allylic oxidation sites excluding steroid dienone is 2. The minimum absolute atomic E-state index is 0.108. The number of nitrogens with zero attached hydrogens (tertiary/aromatic N) is 3. The molecule has 44 heavy (non-hydrogen) atoms. The first-order chi connectivity index (χ1) is 20.5. The van der Waals surface area contributed by atoms with Gasteiger partial charge in [0.2, 0.25) is 5.60 Å². The second-order valence-electron chi connectivity index (χ2n) is 11.4. The molecule has 8 nitrogen and oxygen atoms in total. The molecule has 2 aromatic heterocycles. The lowest BCUT2D eigenvalue weighted by Crippen LogP contribution is -2.45. The maximum atomic E-state index is 14.9. The highest BCUT2D eigenvalue weighted by Crippen LogP contribution is 2.47. The molecule has 1 N–H and O–H groups in total. The van der Waals surface area contributed by atoms with E-state index in [0.717, 1.165) is 0 Å². The van der Waals surface area contributed by atoms with Crippen molar-refractivity contribution in [2.24, 2.45) is 0 Å². The van der Waals surface area contributed by atoms with Crippen LogP contribution in [-0.4, -0.2) is 33.1 Å². The molecule has 4 bridgehead atoms. The van der Waals surface area contributed by atoms with Gasteiger partial charge in [0.15, 0.2) is 5.69 Å². The molecule has 2 atom stereocenters.